The van der Waals surface area contributed by atoms with Crippen LogP contribution in [0.1, 0.15) is 37.9 Å². The number of nitrogens with zero attached hydrogens (tertiary/aromatic N) is 1. The molecule has 1 atom stereocenters. The fourth-order valence-electron chi connectivity index (χ4n) is 3.55. The van der Waals surface area contributed by atoms with Gasteiger partial charge in [0.05, 0.1) is 29.8 Å². The number of carbonyl (C=O) groups excluding carboxylic acids is 1. The van der Waals surface area contributed by atoms with E-state index >= 15 is 0 Å². The number of nitrogens with one attached hydrogen (secondary N) is 1. The monoisotopic (exact) mass is 496 g/mol. The molecule has 3 aromatic carbocycles. The molecule has 0 aliphatic heterocycles. The van der Waals surface area contributed by atoms with Crippen LogP contribution in [0.25, 0.3) is 0 Å². The third-order valence-electron chi connectivity index (χ3n) is 5.40. The maximum Gasteiger partial charge on any atom is 0.264 e. The van der Waals surface area contributed by atoms with Crippen LogP contribution in [0.4, 0.5) is 5.69 Å². The predicted octanol–water partition coefficient (Wildman–Crippen LogP) is 4.87. The first kappa shape index (κ1) is 26.1. The fourth-order valence-corrected chi connectivity index (χ4v) is 4.97. The van der Waals surface area contributed by atoms with Crippen molar-refractivity contribution in [2.75, 3.05) is 24.1 Å². The van der Waals surface area contributed by atoms with Crippen molar-refractivity contribution >= 4 is 21.6 Å². The van der Waals surface area contributed by atoms with Gasteiger partial charge in [0, 0.05) is 0 Å². The Hall–Kier alpha value is -3.52. The number of hydrogen-bond acceptors (Lipinski definition) is 5. The molecule has 1 amide bonds. The molecule has 0 radical (unpaired) electrons. The highest BCUT2D eigenvalue weighted by atomic mass is 32.2. The molecule has 0 saturated carbocycles. The quantitative estimate of drug-likeness (QED) is 0.410. The zero-order valence-corrected chi connectivity index (χ0v) is 21.3. The summed E-state index contributed by atoms with van der Waals surface area (Å²) in [5.41, 5.74) is 2.28. The second-order valence-electron chi connectivity index (χ2n) is 8.04. The van der Waals surface area contributed by atoms with Gasteiger partial charge in [-0.05, 0) is 81.8 Å². The summed E-state index contributed by atoms with van der Waals surface area (Å²) in [5, 5.41) is 2.90. The van der Waals surface area contributed by atoms with E-state index in [9.17, 15) is 13.2 Å². The van der Waals surface area contributed by atoms with E-state index in [-0.39, 0.29) is 17.5 Å². The van der Waals surface area contributed by atoms with E-state index in [1.54, 1.807) is 24.3 Å². The summed E-state index contributed by atoms with van der Waals surface area (Å²) in [6.45, 7) is 8.23. The van der Waals surface area contributed by atoms with Gasteiger partial charge in [-0.3, -0.25) is 9.10 Å². The highest BCUT2D eigenvalue weighted by Crippen LogP contribution is 2.26. The van der Waals surface area contributed by atoms with Gasteiger partial charge in [0.1, 0.15) is 18.0 Å². The second-order valence-corrected chi connectivity index (χ2v) is 9.91. The van der Waals surface area contributed by atoms with Gasteiger partial charge in [-0.2, -0.15) is 0 Å². The normalized spacial score (nSPS) is 12.0. The van der Waals surface area contributed by atoms with Crippen LogP contribution in [0.2, 0.25) is 0 Å². The summed E-state index contributed by atoms with van der Waals surface area (Å²) in [6.07, 6.45) is 0. The number of amides is 1. The molecule has 7 nitrogen and oxygen atoms in total. The first-order valence-corrected chi connectivity index (χ1v) is 13.0. The summed E-state index contributed by atoms with van der Waals surface area (Å²) in [6, 6.07) is 20.4. The Morgan fingerprint density at radius 1 is 0.857 bits per heavy atom. The van der Waals surface area contributed by atoms with Crippen molar-refractivity contribution in [2.45, 2.75) is 38.6 Å². The summed E-state index contributed by atoms with van der Waals surface area (Å²) in [7, 11) is -4.01. The largest absolute Gasteiger partial charge is 0.494 e. The highest BCUT2D eigenvalue weighted by molar-refractivity contribution is 7.92. The topological polar surface area (TPSA) is 84.9 Å². The lowest BCUT2D eigenvalue weighted by Gasteiger charge is -2.25. The van der Waals surface area contributed by atoms with Crippen molar-refractivity contribution in [1.82, 2.24) is 5.32 Å². The number of rotatable bonds is 11. The molecule has 35 heavy (non-hydrogen) atoms. The van der Waals surface area contributed by atoms with Crippen LogP contribution in [-0.4, -0.2) is 34.1 Å². The first-order valence-electron chi connectivity index (χ1n) is 11.6. The van der Waals surface area contributed by atoms with Gasteiger partial charge in [-0.15, -0.1) is 0 Å². The summed E-state index contributed by atoms with van der Waals surface area (Å²) in [4.78, 5) is 13.1. The second kappa shape index (κ2) is 11.8. The van der Waals surface area contributed by atoms with E-state index in [0.717, 1.165) is 21.2 Å². The molecule has 0 saturated heterocycles. The van der Waals surface area contributed by atoms with Crippen LogP contribution >= 0.6 is 0 Å². The van der Waals surface area contributed by atoms with Crippen LogP contribution in [0.3, 0.4) is 0 Å². The lowest BCUT2D eigenvalue weighted by Crippen LogP contribution is -2.41. The fraction of sp³-hybridized carbons (Fsp3) is 0.296. The lowest BCUT2D eigenvalue weighted by atomic mass is 10.1. The van der Waals surface area contributed by atoms with Crippen molar-refractivity contribution in [1.29, 1.82) is 0 Å². The van der Waals surface area contributed by atoms with Gasteiger partial charge in [-0.1, -0.05) is 29.8 Å². The van der Waals surface area contributed by atoms with Crippen LogP contribution in [0, 0.1) is 6.92 Å². The van der Waals surface area contributed by atoms with E-state index in [1.807, 2.05) is 64.1 Å². The Bertz CT molecular complexity index is 1210. The van der Waals surface area contributed by atoms with Crippen molar-refractivity contribution in [3.8, 4) is 11.5 Å². The standard InChI is InChI=1S/C27H32N2O5S/c1-5-33-24-13-9-22(10-14-24)21(4)28-27(30)19-29(23-11-7-20(3)8-12-23)35(31,32)26-17-15-25(16-18-26)34-6-2/h7-18,21H,5-6,19H2,1-4H3,(H,28,30). The average Bonchev–Trinajstić information content (AvgIpc) is 2.84. The zero-order chi connectivity index (χ0) is 25.4. The van der Waals surface area contributed by atoms with Crippen molar-refractivity contribution in [3.63, 3.8) is 0 Å². The van der Waals surface area contributed by atoms with E-state index in [0.29, 0.717) is 24.7 Å². The summed E-state index contributed by atoms with van der Waals surface area (Å²) >= 11 is 0. The van der Waals surface area contributed by atoms with Gasteiger partial charge in [0.2, 0.25) is 5.91 Å². The molecular weight excluding hydrogens is 464 g/mol. The SMILES string of the molecule is CCOc1ccc(C(C)NC(=O)CN(c2ccc(C)cc2)S(=O)(=O)c2ccc(OCC)cc2)cc1. The Kier molecular flexibility index (Phi) is 8.76. The van der Waals surface area contributed by atoms with Gasteiger partial charge in [0.15, 0.2) is 0 Å². The molecule has 3 aromatic rings. The molecule has 3 rings (SSSR count). The number of ether oxygens (including phenoxy) is 2. The van der Waals surface area contributed by atoms with E-state index < -0.39 is 15.9 Å². The maximum absolute atomic E-state index is 13.6. The number of sulfonamides is 1. The van der Waals surface area contributed by atoms with Gasteiger partial charge in [-0.25, -0.2) is 8.42 Å². The van der Waals surface area contributed by atoms with E-state index in [4.69, 9.17) is 9.47 Å². The van der Waals surface area contributed by atoms with E-state index in [1.165, 1.54) is 12.1 Å². The number of carbonyl (C=O) groups is 1. The molecule has 186 valence electrons. The zero-order valence-electron chi connectivity index (χ0n) is 20.5. The van der Waals surface area contributed by atoms with Crippen molar-refractivity contribution in [3.05, 3.63) is 83.9 Å². The number of anilines is 1. The Morgan fingerprint density at radius 2 is 1.37 bits per heavy atom. The number of benzene rings is 3. The number of aryl methyl sites for hydroxylation is 1. The molecule has 0 fully saturated rings. The van der Waals surface area contributed by atoms with Gasteiger partial charge < -0.3 is 14.8 Å². The Labute approximate surface area is 207 Å². The number of hydrogen-bond donors (Lipinski definition) is 1. The minimum absolute atomic E-state index is 0.0777. The van der Waals surface area contributed by atoms with Gasteiger partial charge >= 0.3 is 0 Å². The average molecular weight is 497 g/mol. The lowest BCUT2D eigenvalue weighted by molar-refractivity contribution is -0.120. The van der Waals surface area contributed by atoms with Crippen molar-refractivity contribution < 1.29 is 22.7 Å². The minimum atomic E-state index is -4.01. The smallest absolute Gasteiger partial charge is 0.264 e. The Balaban J connectivity index is 1.83. The molecule has 0 spiro atoms. The molecule has 0 bridgehead atoms. The third kappa shape index (κ3) is 6.76. The first-order chi connectivity index (χ1) is 16.7. The molecule has 8 heteroatoms. The molecule has 0 aliphatic rings. The maximum atomic E-state index is 13.6. The molecule has 0 aromatic heterocycles. The summed E-state index contributed by atoms with van der Waals surface area (Å²) in [5.74, 6) is 0.915. The minimum Gasteiger partial charge on any atom is -0.494 e. The van der Waals surface area contributed by atoms with Gasteiger partial charge in [0.25, 0.3) is 10.0 Å². The predicted molar refractivity (Wildman–Crippen MR) is 137 cm³/mol. The molecule has 1 unspecified atom stereocenters. The molecule has 1 N–H and O–H groups in total. The van der Waals surface area contributed by atoms with Crippen LogP contribution in [0.5, 0.6) is 11.5 Å². The molecular formula is C27H32N2O5S. The molecule has 0 heterocycles. The van der Waals surface area contributed by atoms with Crippen LogP contribution in [0.15, 0.2) is 77.7 Å². The molecule has 0 aliphatic carbocycles. The highest BCUT2D eigenvalue weighted by Gasteiger charge is 2.28. The van der Waals surface area contributed by atoms with Crippen LogP contribution < -0.4 is 19.1 Å². The van der Waals surface area contributed by atoms with Crippen LogP contribution in [-0.2, 0) is 14.8 Å². The summed E-state index contributed by atoms with van der Waals surface area (Å²) < 4.78 is 39.2. The van der Waals surface area contributed by atoms with E-state index in [2.05, 4.69) is 5.32 Å². The Morgan fingerprint density at radius 3 is 1.89 bits per heavy atom. The third-order valence-corrected chi connectivity index (χ3v) is 7.19. The van der Waals surface area contributed by atoms with Crippen molar-refractivity contribution in [2.24, 2.45) is 0 Å².